The van der Waals surface area contributed by atoms with Crippen LogP contribution in [0.25, 0.3) is 0 Å². The van der Waals surface area contributed by atoms with E-state index in [2.05, 4.69) is 31.0 Å². The predicted octanol–water partition coefficient (Wildman–Crippen LogP) is 4.99. The number of aryl methyl sites for hydroxylation is 1. The first-order valence-corrected chi connectivity index (χ1v) is 10.9. The average molecular weight is 375 g/mol. The van der Waals surface area contributed by atoms with E-state index in [9.17, 15) is 8.78 Å². The number of nitrogens with zero attached hydrogens (tertiary/aromatic N) is 2. The lowest BCUT2D eigenvalue weighted by atomic mass is 9.72. The molecule has 2 nitrogen and oxygen atoms in total. The Bertz CT molecular complexity index is 731. The first kappa shape index (κ1) is 17.9. The van der Waals surface area contributed by atoms with Crippen molar-refractivity contribution in [3.05, 3.63) is 28.8 Å². The fraction of sp³-hybridized carbons (Fsp3) is 0.739. The van der Waals surface area contributed by atoms with Gasteiger partial charge in [-0.05, 0) is 86.7 Å². The van der Waals surface area contributed by atoms with Gasteiger partial charge >= 0.3 is 0 Å². The van der Waals surface area contributed by atoms with Gasteiger partial charge in [0.2, 0.25) is 0 Å². The summed E-state index contributed by atoms with van der Waals surface area (Å²) in [7, 11) is 2.29. The molecule has 0 spiro atoms. The highest BCUT2D eigenvalue weighted by molar-refractivity contribution is 5.59. The van der Waals surface area contributed by atoms with Gasteiger partial charge in [-0.3, -0.25) is 0 Å². The molecule has 3 fully saturated rings. The molecule has 1 aromatic carbocycles. The lowest BCUT2D eigenvalue weighted by molar-refractivity contribution is 0.0257. The van der Waals surface area contributed by atoms with Crippen LogP contribution in [0.15, 0.2) is 12.1 Å². The standard InChI is InChI=1S/C23H32F2N2/c1-15-11-20-16(12-21(15)27-10-8-23(24,25)14-27)13-22-19-6-4-3-5-17(20)18(19)7-9-26(22)2/h11-12,17-19,22H,3-10,13-14H2,1-2H3/t17?,18-,19+,22+/m1/s1. The highest BCUT2D eigenvalue weighted by Crippen LogP contribution is 2.51. The second-order valence-corrected chi connectivity index (χ2v) is 9.62. The van der Waals surface area contributed by atoms with E-state index in [0.29, 0.717) is 18.5 Å². The van der Waals surface area contributed by atoms with E-state index in [1.807, 2.05) is 4.90 Å². The monoisotopic (exact) mass is 374 g/mol. The number of likely N-dealkylation sites (tertiary alicyclic amines) is 1. The summed E-state index contributed by atoms with van der Waals surface area (Å²) >= 11 is 0. The van der Waals surface area contributed by atoms with Crippen LogP contribution in [0.3, 0.4) is 0 Å². The van der Waals surface area contributed by atoms with Crippen LogP contribution < -0.4 is 4.90 Å². The highest BCUT2D eigenvalue weighted by Gasteiger charge is 2.45. The minimum absolute atomic E-state index is 0.0122. The second-order valence-electron chi connectivity index (χ2n) is 9.62. The summed E-state index contributed by atoms with van der Waals surface area (Å²) in [4.78, 5) is 4.51. The summed E-state index contributed by atoms with van der Waals surface area (Å²) in [6, 6.07) is 5.31. The highest BCUT2D eigenvalue weighted by atomic mass is 19.3. The molecule has 0 radical (unpaired) electrons. The predicted molar refractivity (Wildman–Crippen MR) is 106 cm³/mol. The Morgan fingerprint density at radius 3 is 2.63 bits per heavy atom. The van der Waals surface area contributed by atoms with Crippen molar-refractivity contribution in [2.75, 3.05) is 31.6 Å². The molecule has 1 unspecified atom stereocenters. The molecule has 2 aliphatic heterocycles. The van der Waals surface area contributed by atoms with Crippen LogP contribution in [0, 0.1) is 18.8 Å². The maximum atomic E-state index is 13.8. The number of halogens is 2. The van der Waals surface area contributed by atoms with Gasteiger partial charge in [0.15, 0.2) is 0 Å². The number of piperidine rings is 1. The Hall–Kier alpha value is -1.16. The summed E-state index contributed by atoms with van der Waals surface area (Å²) in [6.45, 7) is 3.69. The van der Waals surface area contributed by atoms with Gasteiger partial charge in [0.05, 0.1) is 6.54 Å². The third-order valence-corrected chi connectivity index (χ3v) is 8.04. The van der Waals surface area contributed by atoms with Crippen molar-refractivity contribution in [2.45, 2.75) is 69.8 Å². The lowest BCUT2D eigenvalue weighted by Crippen LogP contribution is -2.47. The molecule has 2 aliphatic carbocycles. The molecule has 1 aromatic rings. The third-order valence-electron chi connectivity index (χ3n) is 8.04. The number of rotatable bonds is 1. The van der Waals surface area contributed by atoms with Crippen LogP contribution in [0.5, 0.6) is 0 Å². The summed E-state index contributed by atoms with van der Waals surface area (Å²) in [5.74, 6) is -0.233. The van der Waals surface area contributed by atoms with Gasteiger partial charge in [0.1, 0.15) is 0 Å². The molecule has 27 heavy (non-hydrogen) atoms. The second kappa shape index (κ2) is 6.43. The lowest BCUT2D eigenvalue weighted by Gasteiger charge is -2.44. The van der Waals surface area contributed by atoms with Crippen LogP contribution in [-0.4, -0.2) is 43.5 Å². The molecular formula is C23H32F2N2. The fourth-order valence-corrected chi connectivity index (χ4v) is 6.69. The van der Waals surface area contributed by atoms with Gasteiger partial charge in [0, 0.05) is 24.7 Å². The summed E-state index contributed by atoms with van der Waals surface area (Å²) in [6.07, 6.45) is 7.80. The molecule has 5 rings (SSSR count). The zero-order valence-corrected chi connectivity index (χ0v) is 16.7. The zero-order valence-electron chi connectivity index (χ0n) is 16.7. The maximum absolute atomic E-state index is 13.8. The van der Waals surface area contributed by atoms with Crippen LogP contribution in [0.2, 0.25) is 0 Å². The molecule has 2 saturated heterocycles. The number of likely N-dealkylation sites (N-methyl/N-ethyl adjacent to an activating group) is 1. The minimum Gasteiger partial charge on any atom is -0.365 e. The zero-order chi connectivity index (χ0) is 18.8. The van der Waals surface area contributed by atoms with Crippen LogP contribution in [0.4, 0.5) is 14.5 Å². The minimum atomic E-state index is -2.54. The Balaban J connectivity index is 1.57. The molecule has 4 heteroatoms. The van der Waals surface area contributed by atoms with Crippen LogP contribution in [0.1, 0.15) is 61.1 Å². The van der Waals surface area contributed by atoms with Gasteiger partial charge in [-0.25, -0.2) is 8.78 Å². The van der Waals surface area contributed by atoms with Crippen molar-refractivity contribution in [2.24, 2.45) is 11.8 Å². The van der Waals surface area contributed by atoms with Crippen LogP contribution >= 0.6 is 0 Å². The van der Waals surface area contributed by atoms with E-state index >= 15 is 0 Å². The van der Waals surface area contributed by atoms with E-state index in [-0.39, 0.29) is 13.0 Å². The Labute approximate surface area is 161 Å². The van der Waals surface area contributed by atoms with Gasteiger partial charge in [-0.2, -0.15) is 0 Å². The van der Waals surface area contributed by atoms with Crippen molar-refractivity contribution >= 4 is 5.69 Å². The number of hydrogen-bond acceptors (Lipinski definition) is 2. The van der Waals surface area contributed by atoms with Gasteiger partial charge in [-0.15, -0.1) is 0 Å². The van der Waals surface area contributed by atoms with E-state index in [0.717, 1.165) is 23.9 Å². The summed E-state index contributed by atoms with van der Waals surface area (Å²) < 4.78 is 27.6. The fourth-order valence-electron chi connectivity index (χ4n) is 6.69. The SMILES string of the molecule is Cc1cc2c(cc1N1CCC(F)(F)C1)C[C@H]1[C@H]3CCCCC2[C@H]3CCN1C. The molecular weight excluding hydrogens is 342 g/mol. The van der Waals surface area contributed by atoms with Crippen molar-refractivity contribution in [3.63, 3.8) is 0 Å². The molecule has 4 aliphatic rings. The van der Waals surface area contributed by atoms with Crippen molar-refractivity contribution in [1.29, 1.82) is 0 Å². The summed E-state index contributed by atoms with van der Waals surface area (Å²) in [5, 5.41) is 0. The van der Waals surface area contributed by atoms with E-state index in [4.69, 9.17) is 0 Å². The Kier molecular flexibility index (Phi) is 4.27. The van der Waals surface area contributed by atoms with Crippen LogP contribution in [-0.2, 0) is 6.42 Å². The number of hydrogen-bond donors (Lipinski definition) is 0. The normalized spacial score (nSPS) is 35.5. The first-order valence-electron chi connectivity index (χ1n) is 10.9. The molecule has 0 aromatic heterocycles. The first-order chi connectivity index (χ1) is 12.9. The van der Waals surface area contributed by atoms with E-state index < -0.39 is 5.92 Å². The molecule has 2 heterocycles. The molecule has 4 bridgehead atoms. The van der Waals surface area contributed by atoms with E-state index in [1.54, 1.807) is 5.56 Å². The van der Waals surface area contributed by atoms with Gasteiger partial charge in [0.25, 0.3) is 5.92 Å². The molecule has 148 valence electrons. The molecule has 0 amide bonds. The van der Waals surface area contributed by atoms with E-state index in [1.165, 1.54) is 49.8 Å². The Morgan fingerprint density at radius 2 is 1.85 bits per heavy atom. The molecule has 0 N–H and O–H groups in total. The third kappa shape index (κ3) is 2.99. The molecule has 1 saturated carbocycles. The quantitative estimate of drug-likeness (QED) is 0.683. The van der Waals surface area contributed by atoms with Crippen molar-refractivity contribution < 1.29 is 8.78 Å². The number of benzene rings is 1. The van der Waals surface area contributed by atoms with Crippen molar-refractivity contribution in [1.82, 2.24) is 4.90 Å². The molecule has 4 atom stereocenters. The van der Waals surface area contributed by atoms with Crippen molar-refractivity contribution in [3.8, 4) is 0 Å². The number of fused-ring (bicyclic) bond motifs is 2. The average Bonchev–Trinajstić information content (AvgIpc) is 2.82. The topological polar surface area (TPSA) is 6.48 Å². The van der Waals surface area contributed by atoms with Gasteiger partial charge in [-0.1, -0.05) is 18.9 Å². The maximum Gasteiger partial charge on any atom is 0.266 e. The largest absolute Gasteiger partial charge is 0.365 e. The smallest absolute Gasteiger partial charge is 0.266 e. The number of anilines is 1. The van der Waals surface area contributed by atoms with Gasteiger partial charge < -0.3 is 9.80 Å². The Morgan fingerprint density at radius 1 is 1.04 bits per heavy atom. The summed E-state index contributed by atoms with van der Waals surface area (Å²) in [5.41, 5.74) is 5.25. The number of alkyl halides is 2.